The Hall–Kier alpha value is -1.98. The van der Waals surface area contributed by atoms with Gasteiger partial charge in [-0.3, -0.25) is 14.5 Å². The summed E-state index contributed by atoms with van der Waals surface area (Å²) in [6, 6.07) is 4.11. The van der Waals surface area contributed by atoms with Gasteiger partial charge in [0.15, 0.2) is 0 Å². The second-order valence-electron chi connectivity index (χ2n) is 5.90. The molecule has 1 aromatic carbocycles. The fourth-order valence-electron chi connectivity index (χ4n) is 2.51. The molecule has 1 N–H and O–H groups in total. The number of hydrogen-bond acceptors (Lipinski definition) is 5. The van der Waals surface area contributed by atoms with Gasteiger partial charge in [-0.1, -0.05) is 18.2 Å². The number of carbonyl (C=O) groups excluding carboxylic acids is 2. The quantitative estimate of drug-likeness (QED) is 0.491. The summed E-state index contributed by atoms with van der Waals surface area (Å²) in [5.74, 6) is -1.11. The predicted octanol–water partition coefficient (Wildman–Crippen LogP) is 1.29. The Kier molecular flexibility index (Phi) is 6.95. The first-order valence-electron chi connectivity index (χ1n) is 8.13. The zero-order valence-electron chi connectivity index (χ0n) is 14.3. The summed E-state index contributed by atoms with van der Waals surface area (Å²) in [6.07, 6.45) is -4.17. The summed E-state index contributed by atoms with van der Waals surface area (Å²) in [5, 5.41) is 0. The van der Waals surface area contributed by atoms with Gasteiger partial charge in [-0.25, -0.2) is 13.1 Å². The van der Waals surface area contributed by atoms with Crippen LogP contribution in [0.4, 0.5) is 13.2 Å². The molecule has 0 aliphatic carbocycles. The molecule has 7 nitrogen and oxygen atoms in total. The highest BCUT2D eigenvalue weighted by atomic mass is 32.2. The third kappa shape index (κ3) is 6.60. The molecule has 0 bridgehead atoms. The molecular formula is C16H19F3N2O5S. The lowest BCUT2D eigenvalue weighted by atomic mass is 10.1. The van der Waals surface area contributed by atoms with Crippen LogP contribution in [0.1, 0.15) is 24.0 Å². The smallest absolute Gasteiger partial charge is 0.378 e. The molecule has 1 aliphatic rings. The van der Waals surface area contributed by atoms with E-state index in [2.05, 4.69) is 4.72 Å². The number of hydrogen-bond donors (Lipinski definition) is 1. The van der Waals surface area contributed by atoms with Crippen LogP contribution in [0.2, 0.25) is 0 Å². The van der Waals surface area contributed by atoms with E-state index < -0.39 is 27.5 Å². The van der Waals surface area contributed by atoms with Crippen LogP contribution in [0.15, 0.2) is 24.3 Å². The van der Waals surface area contributed by atoms with Crippen LogP contribution >= 0.6 is 0 Å². The zero-order valence-corrected chi connectivity index (χ0v) is 15.1. The number of nitrogens with zero attached hydrogens (tertiary/aromatic N) is 1. The number of sulfonamides is 1. The van der Waals surface area contributed by atoms with Crippen LogP contribution in [0.3, 0.4) is 0 Å². The molecule has 1 fully saturated rings. The first kappa shape index (κ1) is 21.3. The molecule has 1 heterocycles. The number of amides is 2. The number of benzene rings is 1. The van der Waals surface area contributed by atoms with Gasteiger partial charge in [0.1, 0.15) is 0 Å². The van der Waals surface area contributed by atoms with Gasteiger partial charge in [0.25, 0.3) is 0 Å². The van der Waals surface area contributed by atoms with E-state index in [1.807, 2.05) is 0 Å². The Labute approximate surface area is 154 Å². The molecule has 2 amide bonds. The number of carbonyl (C=O) groups is 2. The fraction of sp³-hybridized carbons (Fsp3) is 0.500. The molecule has 0 aromatic heterocycles. The molecule has 0 radical (unpaired) electrons. The van der Waals surface area contributed by atoms with Gasteiger partial charge in [-0.15, -0.1) is 0 Å². The van der Waals surface area contributed by atoms with Crippen LogP contribution in [0, 0.1) is 0 Å². The van der Waals surface area contributed by atoms with Gasteiger partial charge in [-0.2, -0.15) is 13.2 Å². The molecule has 27 heavy (non-hydrogen) atoms. The van der Waals surface area contributed by atoms with Crippen molar-refractivity contribution in [3.63, 3.8) is 0 Å². The fourth-order valence-corrected chi connectivity index (χ4v) is 3.62. The van der Waals surface area contributed by atoms with Crippen LogP contribution in [0.25, 0.3) is 0 Å². The van der Waals surface area contributed by atoms with Crippen molar-refractivity contribution < 1.29 is 35.9 Å². The molecule has 1 saturated heterocycles. The highest BCUT2D eigenvalue weighted by Gasteiger charge is 2.30. The SMILES string of the molecule is O=C1CCC(=O)N1CCOCCNS(=O)(=O)Cc1cccc(C(F)(F)F)c1. The summed E-state index contributed by atoms with van der Waals surface area (Å²) in [5.41, 5.74) is -0.895. The molecular weight excluding hydrogens is 389 g/mol. The molecule has 1 aliphatic heterocycles. The molecule has 150 valence electrons. The Balaban J connectivity index is 1.72. The monoisotopic (exact) mass is 408 g/mol. The van der Waals surface area contributed by atoms with E-state index >= 15 is 0 Å². The molecule has 0 spiro atoms. The molecule has 1 aromatic rings. The van der Waals surface area contributed by atoms with E-state index in [-0.39, 0.29) is 56.5 Å². The maximum Gasteiger partial charge on any atom is 0.416 e. The Morgan fingerprint density at radius 1 is 1.11 bits per heavy atom. The van der Waals surface area contributed by atoms with Gasteiger partial charge in [0.2, 0.25) is 21.8 Å². The molecule has 0 saturated carbocycles. The average molecular weight is 408 g/mol. The summed E-state index contributed by atoms with van der Waals surface area (Å²) < 4.78 is 69.3. The number of ether oxygens (including phenoxy) is 1. The summed E-state index contributed by atoms with van der Waals surface area (Å²) in [7, 11) is -3.83. The summed E-state index contributed by atoms with van der Waals surface area (Å²) >= 11 is 0. The molecule has 11 heteroatoms. The molecule has 0 atom stereocenters. The van der Waals surface area contributed by atoms with E-state index in [9.17, 15) is 31.2 Å². The minimum Gasteiger partial charge on any atom is -0.378 e. The molecule has 0 unspecified atom stereocenters. The van der Waals surface area contributed by atoms with Crippen molar-refractivity contribution in [2.75, 3.05) is 26.3 Å². The lowest BCUT2D eigenvalue weighted by molar-refractivity contribution is -0.139. The highest BCUT2D eigenvalue weighted by Crippen LogP contribution is 2.29. The lowest BCUT2D eigenvalue weighted by Gasteiger charge is -2.14. The standard InChI is InChI=1S/C16H19F3N2O5S/c17-16(18,19)13-3-1-2-12(10-13)11-27(24,25)20-6-8-26-9-7-21-14(22)4-5-15(21)23/h1-3,10,20H,4-9,11H2. The van der Waals surface area contributed by atoms with Gasteiger partial charge in [0.05, 0.1) is 31.1 Å². The van der Waals surface area contributed by atoms with E-state index in [0.29, 0.717) is 0 Å². The number of imide groups is 1. The zero-order chi connectivity index (χ0) is 20.1. The number of nitrogens with one attached hydrogen (secondary N) is 1. The van der Waals surface area contributed by atoms with Crippen LogP contribution < -0.4 is 4.72 Å². The van der Waals surface area contributed by atoms with Crippen molar-refractivity contribution in [2.24, 2.45) is 0 Å². The van der Waals surface area contributed by atoms with Crippen molar-refractivity contribution in [1.29, 1.82) is 0 Å². The molecule has 2 rings (SSSR count). The van der Waals surface area contributed by atoms with Crippen LogP contribution in [-0.2, 0) is 36.3 Å². The van der Waals surface area contributed by atoms with Gasteiger partial charge < -0.3 is 4.74 Å². The summed E-state index contributed by atoms with van der Waals surface area (Å²) in [4.78, 5) is 23.9. The maximum atomic E-state index is 12.7. The highest BCUT2D eigenvalue weighted by molar-refractivity contribution is 7.88. The second kappa shape index (κ2) is 8.81. The van der Waals surface area contributed by atoms with Crippen molar-refractivity contribution >= 4 is 21.8 Å². The van der Waals surface area contributed by atoms with E-state index in [1.165, 1.54) is 6.07 Å². The van der Waals surface area contributed by atoms with Crippen molar-refractivity contribution in [3.8, 4) is 0 Å². The van der Waals surface area contributed by atoms with E-state index in [1.54, 1.807) is 0 Å². The normalized spacial score (nSPS) is 15.6. The third-order valence-electron chi connectivity index (χ3n) is 3.79. The maximum absolute atomic E-state index is 12.7. The number of alkyl halides is 3. The number of halogens is 3. The Morgan fingerprint density at radius 3 is 2.41 bits per heavy atom. The topological polar surface area (TPSA) is 92.8 Å². The van der Waals surface area contributed by atoms with Crippen LogP contribution in [0.5, 0.6) is 0 Å². The lowest BCUT2D eigenvalue weighted by Crippen LogP contribution is -2.33. The summed E-state index contributed by atoms with van der Waals surface area (Å²) in [6.45, 7) is 0.0999. The van der Waals surface area contributed by atoms with Crippen molar-refractivity contribution in [1.82, 2.24) is 9.62 Å². The van der Waals surface area contributed by atoms with E-state index in [0.717, 1.165) is 23.1 Å². The van der Waals surface area contributed by atoms with Gasteiger partial charge >= 0.3 is 6.18 Å². The van der Waals surface area contributed by atoms with E-state index in [4.69, 9.17) is 4.74 Å². The largest absolute Gasteiger partial charge is 0.416 e. The third-order valence-corrected chi connectivity index (χ3v) is 5.15. The number of likely N-dealkylation sites (tertiary alicyclic amines) is 1. The predicted molar refractivity (Wildman–Crippen MR) is 88.8 cm³/mol. The Bertz CT molecular complexity index is 779. The van der Waals surface area contributed by atoms with Crippen LogP contribution in [-0.4, -0.2) is 51.4 Å². The van der Waals surface area contributed by atoms with Crippen molar-refractivity contribution in [3.05, 3.63) is 35.4 Å². The Morgan fingerprint density at radius 2 is 1.78 bits per heavy atom. The van der Waals surface area contributed by atoms with Gasteiger partial charge in [0, 0.05) is 19.4 Å². The average Bonchev–Trinajstić information content (AvgIpc) is 2.88. The van der Waals surface area contributed by atoms with Gasteiger partial charge in [-0.05, 0) is 11.6 Å². The minimum atomic E-state index is -4.54. The number of rotatable bonds is 9. The minimum absolute atomic E-state index is 0.00194. The second-order valence-corrected chi connectivity index (χ2v) is 7.71. The first-order valence-corrected chi connectivity index (χ1v) is 9.78. The van der Waals surface area contributed by atoms with Crippen molar-refractivity contribution in [2.45, 2.75) is 24.8 Å². The first-order chi connectivity index (χ1) is 12.6.